The molecule has 1 aromatic carbocycles. The number of rotatable bonds is 4. The summed E-state index contributed by atoms with van der Waals surface area (Å²) in [6.45, 7) is -0.203. The first-order valence-corrected chi connectivity index (χ1v) is 10.6. The number of nitrogens with zero attached hydrogens (tertiary/aromatic N) is 5. The van der Waals surface area contributed by atoms with Crippen molar-refractivity contribution in [1.82, 2.24) is 24.2 Å². The van der Waals surface area contributed by atoms with Gasteiger partial charge in [-0.25, -0.2) is 18.1 Å². The van der Waals surface area contributed by atoms with Gasteiger partial charge in [0.05, 0.1) is 23.4 Å². The zero-order chi connectivity index (χ0) is 19.9. The molecule has 4 rings (SSSR count). The Morgan fingerprint density at radius 2 is 2.04 bits per heavy atom. The van der Waals surface area contributed by atoms with Gasteiger partial charge in [0.1, 0.15) is 18.3 Å². The van der Waals surface area contributed by atoms with E-state index in [1.807, 2.05) is 30.3 Å². The van der Waals surface area contributed by atoms with E-state index in [1.165, 1.54) is 22.0 Å². The second kappa shape index (κ2) is 6.86. The number of benzene rings is 1. The van der Waals surface area contributed by atoms with Crippen LogP contribution in [0.1, 0.15) is 6.42 Å². The molecule has 1 aliphatic rings. The largest absolute Gasteiger partial charge is 0.340 e. The Morgan fingerprint density at radius 1 is 1.29 bits per heavy atom. The van der Waals surface area contributed by atoms with Gasteiger partial charge in [-0.2, -0.15) is 5.10 Å². The van der Waals surface area contributed by atoms with Crippen molar-refractivity contribution in [2.75, 3.05) is 18.6 Å². The normalized spacial score (nSPS) is 18.4. The Bertz CT molecular complexity index is 1200. The van der Waals surface area contributed by atoms with Gasteiger partial charge in [0.2, 0.25) is 5.91 Å². The van der Waals surface area contributed by atoms with Crippen molar-refractivity contribution in [3.63, 3.8) is 0 Å². The number of aromatic nitrogens is 4. The summed E-state index contributed by atoms with van der Waals surface area (Å²) in [6.07, 6.45) is 3.18. The third-order valence-corrected chi connectivity index (χ3v) is 6.76. The summed E-state index contributed by atoms with van der Waals surface area (Å²) in [6, 6.07) is 8.96. The minimum Gasteiger partial charge on any atom is -0.340 e. The third kappa shape index (κ3) is 3.31. The smallest absolute Gasteiger partial charge is 0.264 e. The fourth-order valence-corrected chi connectivity index (χ4v) is 5.14. The number of hydrogen-bond donors (Lipinski definition) is 0. The molecule has 0 unspecified atom stereocenters. The average molecular weight is 401 g/mol. The molecule has 0 saturated carbocycles. The fourth-order valence-electron chi connectivity index (χ4n) is 3.36. The van der Waals surface area contributed by atoms with Gasteiger partial charge < -0.3 is 4.90 Å². The minimum absolute atomic E-state index is 0.0364. The molecule has 2 aromatic heterocycles. The van der Waals surface area contributed by atoms with E-state index in [-0.39, 0.29) is 35.6 Å². The van der Waals surface area contributed by atoms with Crippen LogP contribution in [-0.2, 0) is 21.2 Å². The Morgan fingerprint density at radius 3 is 2.71 bits per heavy atom. The summed E-state index contributed by atoms with van der Waals surface area (Å²) in [5.41, 5.74) is 0.823. The van der Waals surface area contributed by atoms with Crippen LogP contribution in [0, 0.1) is 0 Å². The Balaban J connectivity index is 1.59. The molecule has 3 aromatic rings. The van der Waals surface area contributed by atoms with E-state index in [2.05, 4.69) is 10.1 Å². The highest BCUT2D eigenvalue weighted by Crippen LogP contribution is 2.17. The first-order valence-electron chi connectivity index (χ1n) is 8.80. The lowest BCUT2D eigenvalue weighted by molar-refractivity contribution is -0.132. The van der Waals surface area contributed by atoms with E-state index in [9.17, 15) is 18.0 Å². The maximum atomic E-state index is 12.8. The number of hydrogen-bond acceptors (Lipinski definition) is 6. The van der Waals surface area contributed by atoms with E-state index < -0.39 is 9.84 Å². The molecule has 28 heavy (non-hydrogen) atoms. The van der Waals surface area contributed by atoms with Gasteiger partial charge in [-0.1, -0.05) is 18.2 Å². The number of carbonyl (C=O) groups is 1. The topological polar surface area (TPSA) is 107 Å². The number of likely N-dealkylation sites (N-methyl/N-ethyl adjacent to an activating group) is 1. The van der Waals surface area contributed by atoms with E-state index >= 15 is 0 Å². The highest BCUT2D eigenvalue weighted by atomic mass is 32.2. The van der Waals surface area contributed by atoms with Crippen LogP contribution >= 0.6 is 0 Å². The van der Waals surface area contributed by atoms with Gasteiger partial charge in [0, 0.05) is 13.1 Å². The molecular weight excluding hydrogens is 382 g/mol. The van der Waals surface area contributed by atoms with Crippen molar-refractivity contribution in [1.29, 1.82) is 0 Å². The van der Waals surface area contributed by atoms with Crippen molar-refractivity contribution in [3.8, 4) is 5.69 Å². The molecule has 9 nitrogen and oxygen atoms in total. The van der Waals surface area contributed by atoms with E-state index in [0.717, 1.165) is 5.69 Å². The van der Waals surface area contributed by atoms with Gasteiger partial charge in [-0.3, -0.25) is 14.2 Å². The molecule has 1 saturated heterocycles. The molecule has 0 radical (unpaired) electrons. The highest BCUT2D eigenvalue weighted by molar-refractivity contribution is 7.91. The van der Waals surface area contributed by atoms with Gasteiger partial charge in [-0.15, -0.1) is 0 Å². The summed E-state index contributed by atoms with van der Waals surface area (Å²) < 4.78 is 26.1. The second-order valence-electron chi connectivity index (χ2n) is 6.87. The van der Waals surface area contributed by atoms with Crippen molar-refractivity contribution >= 4 is 26.8 Å². The molecule has 0 aliphatic carbocycles. The maximum Gasteiger partial charge on any atom is 0.264 e. The zero-order valence-corrected chi connectivity index (χ0v) is 16.0. The molecule has 0 N–H and O–H groups in total. The second-order valence-corrected chi connectivity index (χ2v) is 9.10. The summed E-state index contributed by atoms with van der Waals surface area (Å²) in [5, 5.41) is 4.55. The van der Waals surface area contributed by atoms with Crippen molar-refractivity contribution in [3.05, 3.63) is 53.2 Å². The number of para-hydroxylation sites is 1. The van der Waals surface area contributed by atoms with E-state index in [1.54, 1.807) is 11.7 Å². The minimum atomic E-state index is -3.09. The van der Waals surface area contributed by atoms with Crippen LogP contribution in [0.4, 0.5) is 0 Å². The number of sulfone groups is 1. The number of amides is 1. The van der Waals surface area contributed by atoms with Crippen molar-refractivity contribution in [2.45, 2.75) is 19.0 Å². The molecule has 1 amide bonds. The number of carbonyl (C=O) groups excluding carboxylic acids is 1. The van der Waals surface area contributed by atoms with Crippen molar-refractivity contribution < 1.29 is 13.2 Å². The Hall–Kier alpha value is -3.01. The lowest BCUT2D eigenvalue weighted by Gasteiger charge is -2.23. The summed E-state index contributed by atoms with van der Waals surface area (Å²) in [5.74, 6) is -0.284. The van der Waals surface area contributed by atoms with Gasteiger partial charge in [0.25, 0.3) is 5.56 Å². The standard InChI is InChI=1S/C18H19N5O4S/c1-21(14-7-8-28(26,27)11-14)16(24)10-22-12-19-17-15(18(22)25)9-20-23(17)13-5-3-2-4-6-13/h2-6,9,12,14H,7-8,10-11H2,1H3/t14-/m0/s1. The summed E-state index contributed by atoms with van der Waals surface area (Å²) in [7, 11) is -1.53. The van der Waals surface area contributed by atoms with E-state index in [4.69, 9.17) is 0 Å². The highest BCUT2D eigenvalue weighted by Gasteiger charge is 2.32. The predicted molar refractivity (Wildman–Crippen MR) is 103 cm³/mol. The molecule has 1 aliphatic heterocycles. The first-order chi connectivity index (χ1) is 13.4. The van der Waals surface area contributed by atoms with Gasteiger partial charge >= 0.3 is 0 Å². The Labute approximate surface area is 161 Å². The molecule has 1 fully saturated rings. The van der Waals surface area contributed by atoms with Crippen LogP contribution in [0.3, 0.4) is 0 Å². The Kier molecular flexibility index (Phi) is 4.50. The molecule has 146 valence electrons. The lowest BCUT2D eigenvalue weighted by Crippen LogP contribution is -2.41. The van der Waals surface area contributed by atoms with Crippen LogP contribution in [0.15, 0.2) is 47.7 Å². The quantitative estimate of drug-likeness (QED) is 0.619. The molecule has 1 atom stereocenters. The van der Waals surface area contributed by atoms with Gasteiger partial charge in [0.15, 0.2) is 15.5 Å². The average Bonchev–Trinajstić information content (AvgIpc) is 3.27. The van der Waals surface area contributed by atoms with Crippen LogP contribution in [0.5, 0.6) is 0 Å². The van der Waals surface area contributed by atoms with Crippen LogP contribution < -0.4 is 5.56 Å². The monoisotopic (exact) mass is 401 g/mol. The maximum absolute atomic E-state index is 12.8. The third-order valence-electron chi connectivity index (χ3n) is 5.01. The number of fused-ring (bicyclic) bond motifs is 1. The summed E-state index contributed by atoms with van der Waals surface area (Å²) in [4.78, 5) is 31.0. The van der Waals surface area contributed by atoms with E-state index in [0.29, 0.717) is 17.5 Å². The SMILES string of the molecule is CN(C(=O)Cn1cnc2c(cnn2-c2ccccc2)c1=O)[C@H]1CCS(=O)(=O)C1. The molecule has 0 bridgehead atoms. The van der Waals surface area contributed by atoms with Crippen LogP contribution in [0.2, 0.25) is 0 Å². The molecule has 10 heteroatoms. The lowest BCUT2D eigenvalue weighted by atomic mass is 10.2. The fraction of sp³-hybridized carbons (Fsp3) is 0.333. The molecular formula is C18H19N5O4S. The van der Waals surface area contributed by atoms with Crippen LogP contribution in [-0.4, -0.2) is 63.2 Å². The molecule has 3 heterocycles. The summed E-state index contributed by atoms with van der Waals surface area (Å²) >= 11 is 0. The van der Waals surface area contributed by atoms with Crippen molar-refractivity contribution in [2.24, 2.45) is 0 Å². The predicted octanol–water partition coefficient (Wildman–Crippen LogP) is 0.228. The first kappa shape index (κ1) is 18.4. The van der Waals surface area contributed by atoms with Crippen LogP contribution in [0.25, 0.3) is 16.7 Å². The zero-order valence-electron chi connectivity index (χ0n) is 15.2. The van der Waals surface area contributed by atoms with Gasteiger partial charge in [-0.05, 0) is 18.6 Å². The molecule has 0 spiro atoms.